The number of anilines is 1. The zero-order valence-electron chi connectivity index (χ0n) is 20.7. The molecule has 1 unspecified atom stereocenters. The van der Waals surface area contributed by atoms with E-state index in [9.17, 15) is 28.9 Å². The van der Waals surface area contributed by atoms with Gasteiger partial charge in [0.15, 0.2) is 0 Å². The smallest absolute Gasteiger partial charge is 0.455 e. The Balaban J connectivity index is 1.64. The largest absolute Gasteiger partial charge is 0.489 e. The van der Waals surface area contributed by atoms with Gasteiger partial charge in [-0.1, -0.05) is 17.7 Å². The van der Waals surface area contributed by atoms with Crippen LogP contribution in [0, 0.1) is 11.3 Å². The van der Waals surface area contributed by atoms with Gasteiger partial charge in [0, 0.05) is 23.0 Å². The molecule has 0 spiro atoms. The topological polar surface area (TPSA) is 147 Å². The van der Waals surface area contributed by atoms with E-state index in [1.807, 2.05) is 12.1 Å². The molecule has 1 fully saturated rings. The Morgan fingerprint density at radius 2 is 1.92 bits per heavy atom. The van der Waals surface area contributed by atoms with Crippen LogP contribution in [0.2, 0.25) is 5.02 Å². The van der Waals surface area contributed by atoms with Crippen molar-refractivity contribution in [1.29, 1.82) is 5.26 Å². The molecule has 1 heterocycles. The highest BCUT2D eigenvalue weighted by molar-refractivity contribution is 7.80. The van der Waals surface area contributed by atoms with Crippen molar-refractivity contribution in [3.8, 4) is 17.4 Å². The molecule has 1 atom stereocenters. The molecular weight excluding hydrogens is 541 g/mol. The third-order valence-corrected chi connectivity index (χ3v) is 7.72. The van der Waals surface area contributed by atoms with E-state index in [-0.39, 0.29) is 35.1 Å². The van der Waals surface area contributed by atoms with Gasteiger partial charge in [-0.05, 0) is 83.9 Å². The van der Waals surface area contributed by atoms with Crippen molar-refractivity contribution in [2.45, 2.75) is 25.3 Å². The van der Waals surface area contributed by atoms with E-state index in [1.165, 1.54) is 22.5 Å². The highest BCUT2D eigenvalue weighted by Gasteiger charge is 2.31. The number of nitriles is 1. The van der Waals surface area contributed by atoms with Crippen LogP contribution in [0.4, 0.5) is 5.69 Å². The van der Waals surface area contributed by atoms with E-state index in [0.717, 1.165) is 24.0 Å². The summed E-state index contributed by atoms with van der Waals surface area (Å²) in [4.78, 5) is 13.0. The number of fused-ring (bicyclic) bond motifs is 1. The first-order valence-electron chi connectivity index (χ1n) is 12.1. The fraction of sp³-hybridized carbons (Fsp3) is 0.185. The minimum atomic E-state index is -2.47. The van der Waals surface area contributed by atoms with Gasteiger partial charge >= 0.3 is 7.12 Å². The number of hydrogen-bond donors (Lipinski definition) is 4. The van der Waals surface area contributed by atoms with Crippen LogP contribution in [0.1, 0.15) is 45.8 Å². The summed E-state index contributed by atoms with van der Waals surface area (Å²) in [5, 5.41) is 32.4. The zero-order valence-corrected chi connectivity index (χ0v) is 22.3. The molecule has 1 aromatic heterocycles. The van der Waals surface area contributed by atoms with Gasteiger partial charge in [-0.2, -0.15) is 5.26 Å². The van der Waals surface area contributed by atoms with Gasteiger partial charge in [0.2, 0.25) is 0 Å². The molecule has 3 aromatic carbocycles. The maximum atomic E-state index is 13.0. The lowest BCUT2D eigenvalue weighted by molar-refractivity contribution is 0.0964. The first-order valence-corrected chi connectivity index (χ1v) is 13.5. The molecular formula is C27H23BClN3O6S. The Labute approximate surface area is 232 Å². The van der Waals surface area contributed by atoms with Crippen molar-refractivity contribution >= 4 is 58.0 Å². The van der Waals surface area contributed by atoms with Crippen LogP contribution >= 0.6 is 11.6 Å². The highest BCUT2D eigenvalue weighted by Crippen LogP contribution is 2.45. The van der Waals surface area contributed by atoms with E-state index >= 15 is 0 Å². The van der Waals surface area contributed by atoms with E-state index in [0.29, 0.717) is 32.9 Å². The first kappa shape index (κ1) is 26.9. The van der Waals surface area contributed by atoms with Gasteiger partial charge in [-0.3, -0.25) is 13.7 Å². The van der Waals surface area contributed by atoms with Crippen molar-refractivity contribution in [3.63, 3.8) is 0 Å². The van der Waals surface area contributed by atoms with Gasteiger partial charge in [0.25, 0.3) is 17.2 Å². The van der Waals surface area contributed by atoms with Crippen molar-refractivity contribution in [2.75, 3.05) is 11.4 Å². The fourth-order valence-corrected chi connectivity index (χ4v) is 5.35. The molecule has 12 heteroatoms. The summed E-state index contributed by atoms with van der Waals surface area (Å²) in [6, 6.07) is 16.7. The molecule has 1 saturated carbocycles. The van der Waals surface area contributed by atoms with E-state index in [1.54, 1.807) is 37.4 Å². The SMILES string of the molecule is CNC(=O)c1c(-c2ccc(Cl)cc2)oc2cc(CN(c3ccc(B(O)O)c(C#N)c3)S(=O)O)c(C3CC3)cc12. The molecule has 5 rings (SSSR count). The number of carbonyl (C=O) groups excluding carboxylic acids is 1. The Morgan fingerprint density at radius 1 is 1.21 bits per heavy atom. The van der Waals surface area contributed by atoms with Crippen molar-refractivity contribution in [2.24, 2.45) is 0 Å². The second-order valence-electron chi connectivity index (χ2n) is 9.24. The quantitative estimate of drug-likeness (QED) is 0.189. The summed E-state index contributed by atoms with van der Waals surface area (Å²) in [5.41, 5.74) is 3.41. The number of hydrogen-bond acceptors (Lipinski definition) is 6. The Hall–Kier alpha value is -3.66. The average molecular weight is 564 g/mol. The lowest BCUT2D eigenvalue weighted by atomic mass is 9.77. The molecule has 4 aromatic rings. The molecule has 0 saturated heterocycles. The Morgan fingerprint density at radius 3 is 2.51 bits per heavy atom. The standard InChI is InChI=1S/C27H23BClN3O6S/c1-31-27(33)25-22-12-21(15-2-3-15)18(11-24(22)38-26(25)16-4-6-19(29)7-5-16)14-32(39(36)37)20-8-9-23(28(34)35)17(10-20)13-30/h4-12,15,34-35H,2-3,14H2,1H3,(H,31,33)(H,36,37). The van der Waals surface area contributed by atoms with Crippen LogP contribution in [0.5, 0.6) is 0 Å². The molecule has 1 aliphatic rings. The number of amides is 1. The highest BCUT2D eigenvalue weighted by atomic mass is 35.5. The van der Waals surface area contributed by atoms with Crippen LogP contribution < -0.4 is 15.1 Å². The van der Waals surface area contributed by atoms with Crippen molar-refractivity contribution in [3.05, 3.63) is 81.9 Å². The molecule has 4 N–H and O–H groups in total. The molecule has 198 valence electrons. The summed E-state index contributed by atoms with van der Waals surface area (Å²) in [7, 11) is -0.303. The van der Waals surface area contributed by atoms with Crippen LogP contribution in [0.15, 0.2) is 59.0 Å². The lowest BCUT2D eigenvalue weighted by Gasteiger charge is -2.22. The average Bonchev–Trinajstić information content (AvgIpc) is 3.71. The molecule has 39 heavy (non-hydrogen) atoms. The maximum absolute atomic E-state index is 13.0. The normalized spacial score (nSPS) is 13.6. The second kappa shape index (κ2) is 10.8. The van der Waals surface area contributed by atoms with Gasteiger partial charge in [-0.15, -0.1) is 0 Å². The van der Waals surface area contributed by atoms with Crippen LogP contribution in [0.3, 0.4) is 0 Å². The predicted octanol–water partition coefficient (Wildman–Crippen LogP) is 3.68. The van der Waals surface area contributed by atoms with E-state index in [2.05, 4.69) is 5.32 Å². The molecule has 0 radical (unpaired) electrons. The number of furan rings is 1. The number of benzene rings is 3. The fourth-order valence-electron chi connectivity index (χ4n) is 4.68. The minimum Gasteiger partial charge on any atom is -0.455 e. The van der Waals surface area contributed by atoms with Gasteiger partial charge < -0.3 is 19.8 Å². The number of rotatable bonds is 8. The van der Waals surface area contributed by atoms with E-state index in [4.69, 9.17) is 16.0 Å². The number of carbonyl (C=O) groups is 1. The summed E-state index contributed by atoms with van der Waals surface area (Å²) in [6.07, 6.45) is 1.89. The molecule has 9 nitrogen and oxygen atoms in total. The number of nitrogens with zero attached hydrogens (tertiary/aromatic N) is 2. The zero-order chi connectivity index (χ0) is 27.8. The Bertz CT molecular complexity index is 1650. The van der Waals surface area contributed by atoms with Crippen molar-refractivity contribution < 1.29 is 28.0 Å². The maximum Gasteiger partial charge on any atom is 0.489 e. The van der Waals surface area contributed by atoms with Crippen LogP contribution in [0.25, 0.3) is 22.3 Å². The molecule has 0 bridgehead atoms. The third-order valence-electron chi connectivity index (χ3n) is 6.75. The second-order valence-corrected chi connectivity index (χ2v) is 10.6. The number of halogens is 1. The number of nitrogens with one attached hydrogen (secondary N) is 1. The van der Waals surface area contributed by atoms with Gasteiger partial charge in [-0.25, -0.2) is 4.21 Å². The third kappa shape index (κ3) is 5.30. The monoisotopic (exact) mass is 563 g/mol. The van der Waals surface area contributed by atoms with Crippen LogP contribution in [-0.4, -0.2) is 38.9 Å². The van der Waals surface area contributed by atoms with E-state index < -0.39 is 18.4 Å². The molecule has 0 aliphatic heterocycles. The minimum absolute atomic E-state index is 0.00273. The summed E-state index contributed by atoms with van der Waals surface area (Å²) in [5.74, 6) is 0.312. The van der Waals surface area contributed by atoms with Gasteiger partial charge in [0.1, 0.15) is 11.3 Å². The van der Waals surface area contributed by atoms with Crippen LogP contribution in [-0.2, 0) is 17.8 Å². The molecule has 1 amide bonds. The van der Waals surface area contributed by atoms with Gasteiger partial charge in [0.05, 0.1) is 29.4 Å². The summed E-state index contributed by atoms with van der Waals surface area (Å²) < 4.78 is 30.0. The Kier molecular flexibility index (Phi) is 7.49. The summed E-state index contributed by atoms with van der Waals surface area (Å²) in [6.45, 7) is 0.00304. The lowest BCUT2D eigenvalue weighted by Crippen LogP contribution is -2.33. The first-order chi connectivity index (χ1) is 18.7. The molecule has 1 aliphatic carbocycles. The summed E-state index contributed by atoms with van der Waals surface area (Å²) >= 11 is 3.59. The van der Waals surface area contributed by atoms with Crippen molar-refractivity contribution in [1.82, 2.24) is 5.32 Å². The predicted molar refractivity (Wildman–Crippen MR) is 150 cm³/mol.